The fourth-order valence-electron chi connectivity index (χ4n) is 1.82. The Balaban J connectivity index is 1.89. The molecule has 0 spiro atoms. The molecule has 0 aliphatic carbocycles. The highest BCUT2D eigenvalue weighted by Crippen LogP contribution is 2.17. The molecule has 5 heteroatoms. The van der Waals surface area contributed by atoms with Crippen LogP contribution in [0.1, 0.15) is 27.0 Å². The second-order valence-corrected chi connectivity index (χ2v) is 5.56. The van der Waals surface area contributed by atoms with Gasteiger partial charge in [-0.2, -0.15) is 0 Å². The van der Waals surface area contributed by atoms with E-state index in [1.165, 1.54) is 6.08 Å². The Morgan fingerprint density at radius 3 is 2.35 bits per heavy atom. The van der Waals surface area contributed by atoms with E-state index in [4.69, 9.17) is 11.6 Å². The summed E-state index contributed by atoms with van der Waals surface area (Å²) in [4.78, 5) is 23.6. The van der Waals surface area contributed by atoms with Crippen LogP contribution in [0.25, 0.3) is 6.08 Å². The van der Waals surface area contributed by atoms with Crippen molar-refractivity contribution < 1.29 is 9.59 Å². The number of benzene rings is 2. The Kier molecular flexibility index (Phi) is 5.55. The van der Waals surface area contributed by atoms with Gasteiger partial charge in [0.05, 0.1) is 0 Å². The minimum Gasteiger partial charge on any atom is -0.268 e. The van der Waals surface area contributed by atoms with Crippen molar-refractivity contribution in [3.05, 3.63) is 75.8 Å². The molecule has 0 unspecified atom stereocenters. The molecule has 2 amide bonds. The predicted octanol–water partition coefficient (Wildman–Crippen LogP) is 3.43. The van der Waals surface area contributed by atoms with Gasteiger partial charge in [0.2, 0.25) is 0 Å². The number of hydrogen-bond donors (Lipinski definition) is 2. The van der Waals surface area contributed by atoms with Crippen LogP contribution in [0.3, 0.4) is 0 Å². The molecule has 0 aliphatic heterocycles. The second kappa shape index (κ2) is 7.61. The largest absolute Gasteiger partial charge is 0.269 e. The molecular formula is C18H17ClN2O2. The quantitative estimate of drug-likeness (QED) is 0.670. The molecule has 0 atom stereocenters. The van der Waals surface area contributed by atoms with Crippen molar-refractivity contribution in [2.24, 2.45) is 0 Å². The summed E-state index contributed by atoms with van der Waals surface area (Å²) in [6.07, 6.45) is 2.95. The van der Waals surface area contributed by atoms with E-state index >= 15 is 0 Å². The Morgan fingerprint density at radius 2 is 1.70 bits per heavy atom. The van der Waals surface area contributed by atoms with E-state index in [-0.39, 0.29) is 5.91 Å². The van der Waals surface area contributed by atoms with E-state index in [2.05, 4.69) is 10.9 Å². The van der Waals surface area contributed by atoms with Gasteiger partial charge in [0, 0.05) is 16.7 Å². The maximum atomic E-state index is 11.8. The Labute approximate surface area is 140 Å². The topological polar surface area (TPSA) is 58.2 Å². The van der Waals surface area contributed by atoms with Gasteiger partial charge in [0.15, 0.2) is 0 Å². The highest BCUT2D eigenvalue weighted by Gasteiger charge is 2.05. The predicted molar refractivity (Wildman–Crippen MR) is 92.0 cm³/mol. The molecule has 2 aromatic rings. The van der Waals surface area contributed by atoms with Crippen molar-refractivity contribution in [3.8, 4) is 0 Å². The van der Waals surface area contributed by atoms with Crippen LogP contribution in [0.2, 0.25) is 5.02 Å². The summed E-state index contributed by atoms with van der Waals surface area (Å²) >= 11 is 6.02. The lowest BCUT2D eigenvalue weighted by molar-refractivity contribution is -0.117. The van der Waals surface area contributed by atoms with Gasteiger partial charge in [-0.3, -0.25) is 20.4 Å². The lowest BCUT2D eigenvalue weighted by Crippen LogP contribution is -2.40. The summed E-state index contributed by atoms with van der Waals surface area (Å²) in [6, 6.07) is 12.6. The molecule has 0 saturated carbocycles. The number of aryl methyl sites for hydroxylation is 2. The van der Waals surface area contributed by atoms with E-state index in [9.17, 15) is 9.59 Å². The van der Waals surface area contributed by atoms with Crippen molar-refractivity contribution >= 4 is 29.5 Å². The molecule has 118 valence electrons. The van der Waals surface area contributed by atoms with Gasteiger partial charge in [-0.25, -0.2) is 0 Å². The number of nitrogens with one attached hydrogen (secondary N) is 2. The van der Waals surface area contributed by atoms with E-state index in [0.29, 0.717) is 10.6 Å². The van der Waals surface area contributed by atoms with Gasteiger partial charge in [0.1, 0.15) is 0 Å². The zero-order valence-electron chi connectivity index (χ0n) is 12.9. The zero-order chi connectivity index (χ0) is 16.8. The van der Waals surface area contributed by atoms with Crippen LogP contribution in [0.4, 0.5) is 0 Å². The van der Waals surface area contributed by atoms with E-state index in [1.54, 1.807) is 24.3 Å². The molecule has 4 nitrogen and oxygen atoms in total. The summed E-state index contributed by atoms with van der Waals surface area (Å²) in [5, 5.41) is 0.639. The lowest BCUT2D eigenvalue weighted by atomic mass is 10.1. The van der Waals surface area contributed by atoms with Crippen LogP contribution in [0.5, 0.6) is 0 Å². The molecule has 0 aromatic heterocycles. The molecule has 2 N–H and O–H groups in total. The summed E-state index contributed by atoms with van der Waals surface area (Å²) in [6.45, 7) is 3.84. The Bertz CT molecular complexity index is 752. The Hall–Kier alpha value is -2.59. The van der Waals surface area contributed by atoms with E-state index < -0.39 is 5.91 Å². The molecule has 0 heterocycles. The van der Waals surface area contributed by atoms with Gasteiger partial charge in [0.25, 0.3) is 11.8 Å². The van der Waals surface area contributed by atoms with Crippen molar-refractivity contribution in [1.29, 1.82) is 0 Å². The van der Waals surface area contributed by atoms with E-state index in [1.807, 2.05) is 38.1 Å². The summed E-state index contributed by atoms with van der Waals surface area (Å²) in [7, 11) is 0. The SMILES string of the molecule is Cc1ccc(C(=O)NNC(=O)/C=C/c2ccc(C)c(Cl)c2)cc1. The minimum atomic E-state index is -0.429. The molecular weight excluding hydrogens is 312 g/mol. The maximum Gasteiger partial charge on any atom is 0.269 e. The Morgan fingerprint density at radius 1 is 1.00 bits per heavy atom. The standard InChI is InChI=1S/C18H17ClN2O2/c1-12-3-8-15(9-4-12)18(23)21-20-17(22)10-7-14-6-5-13(2)16(19)11-14/h3-11H,1-2H3,(H,20,22)(H,21,23)/b10-7+. The van der Waals surface area contributed by atoms with Crippen LogP contribution in [0.15, 0.2) is 48.5 Å². The number of amides is 2. The smallest absolute Gasteiger partial charge is 0.268 e. The minimum absolute atomic E-state index is 0.370. The van der Waals surface area contributed by atoms with Crippen LogP contribution < -0.4 is 10.9 Å². The summed E-state index contributed by atoms with van der Waals surface area (Å²) < 4.78 is 0. The molecule has 0 saturated heterocycles. The van der Waals surface area contributed by atoms with E-state index in [0.717, 1.165) is 16.7 Å². The molecule has 0 fully saturated rings. The van der Waals surface area contributed by atoms with Gasteiger partial charge in [-0.05, 0) is 49.2 Å². The third-order valence-electron chi connectivity index (χ3n) is 3.24. The molecule has 2 rings (SSSR count). The van der Waals surface area contributed by atoms with Crippen molar-refractivity contribution in [2.45, 2.75) is 13.8 Å². The number of hydrazine groups is 1. The first-order valence-electron chi connectivity index (χ1n) is 7.07. The van der Waals surface area contributed by atoms with Crippen molar-refractivity contribution in [3.63, 3.8) is 0 Å². The van der Waals surface area contributed by atoms with Crippen molar-refractivity contribution in [2.75, 3.05) is 0 Å². The zero-order valence-corrected chi connectivity index (χ0v) is 13.6. The number of rotatable bonds is 3. The molecule has 0 radical (unpaired) electrons. The molecule has 2 aromatic carbocycles. The van der Waals surface area contributed by atoms with Crippen LogP contribution >= 0.6 is 11.6 Å². The average Bonchev–Trinajstić information content (AvgIpc) is 2.54. The third-order valence-corrected chi connectivity index (χ3v) is 3.64. The lowest BCUT2D eigenvalue weighted by Gasteiger charge is -2.05. The second-order valence-electron chi connectivity index (χ2n) is 5.15. The summed E-state index contributed by atoms with van der Waals surface area (Å²) in [5.41, 5.74) is 8.01. The van der Waals surface area contributed by atoms with Gasteiger partial charge in [-0.1, -0.05) is 41.4 Å². The maximum absolute atomic E-state index is 11.8. The normalized spacial score (nSPS) is 10.6. The number of halogens is 1. The fraction of sp³-hybridized carbons (Fsp3) is 0.111. The first-order chi connectivity index (χ1) is 11.0. The van der Waals surface area contributed by atoms with Crippen LogP contribution in [-0.4, -0.2) is 11.8 Å². The van der Waals surface area contributed by atoms with Gasteiger partial charge < -0.3 is 0 Å². The van der Waals surface area contributed by atoms with Gasteiger partial charge in [-0.15, -0.1) is 0 Å². The highest BCUT2D eigenvalue weighted by molar-refractivity contribution is 6.31. The highest BCUT2D eigenvalue weighted by atomic mass is 35.5. The number of carbonyl (C=O) groups excluding carboxylic acids is 2. The molecule has 0 aliphatic rings. The fourth-order valence-corrected chi connectivity index (χ4v) is 2.01. The molecule has 0 bridgehead atoms. The summed E-state index contributed by atoms with van der Waals surface area (Å²) in [5.74, 6) is -0.799. The first kappa shape index (κ1) is 16.8. The van der Waals surface area contributed by atoms with Crippen molar-refractivity contribution in [1.82, 2.24) is 10.9 Å². The monoisotopic (exact) mass is 328 g/mol. The number of hydrogen-bond acceptors (Lipinski definition) is 2. The first-order valence-corrected chi connectivity index (χ1v) is 7.45. The van der Waals surface area contributed by atoms with Crippen LogP contribution in [0, 0.1) is 13.8 Å². The number of carbonyl (C=O) groups is 2. The van der Waals surface area contributed by atoms with Crippen LogP contribution in [-0.2, 0) is 4.79 Å². The molecule has 23 heavy (non-hydrogen) atoms. The average molecular weight is 329 g/mol. The van der Waals surface area contributed by atoms with Gasteiger partial charge >= 0.3 is 0 Å². The third kappa shape index (κ3) is 4.97.